The lowest BCUT2D eigenvalue weighted by atomic mass is 10.1. The van der Waals surface area contributed by atoms with Crippen LogP contribution in [0, 0.1) is 13.8 Å². The Morgan fingerprint density at radius 2 is 2.06 bits per heavy atom. The predicted octanol–water partition coefficient (Wildman–Crippen LogP) is 2.71. The topological polar surface area (TPSA) is 34.2 Å². The molecule has 2 unspecified atom stereocenters. The van der Waals surface area contributed by atoms with Crippen molar-refractivity contribution < 1.29 is 4.74 Å². The molecular weight excluding hydrogens is 232 g/mol. The third-order valence-corrected chi connectivity index (χ3v) is 4.03. The molecular formula is C13H24N2OS. The Kier molecular flexibility index (Phi) is 6.09. The summed E-state index contributed by atoms with van der Waals surface area (Å²) in [6.07, 6.45) is 1.18. The second-order valence-corrected chi connectivity index (χ2v) is 5.57. The van der Waals surface area contributed by atoms with Crippen molar-refractivity contribution in [1.29, 1.82) is 0 Å². The molecule has 1 aromatic heterocycles. The van der Waals surface area contributed by atoms with E-state index in [1.165, 1.54) is 9.88 Å². The molecule has 0 fully saturated rings. The van der Waals surface area contributed by atoms with Gasteiger partial charge in [-0.25, -0.2) is 4.98 Å². The average molecular weight is 256 g/mol. The standard InChI is InChI=1S/C13H24N2OS/c1-6-14-12(10(4)16-7-2)8-13-15-9(3)11(5)17-13/h10,12,14H,6-8H2,1-5H3. The van der Waals surface area contributed by atoms with Gasteiger partial charge in [0.2, 0.25) is 0 Å². The van der Waals surface area contributed by atoms with Crippen molar-refractivity contribution in [1.82, 2.24) is 10.3 Å². The third kappa shape index (κ3) is 4.37. The Balaban J connectivity index is 2.65. The minimum absolute atomic E-state index is 0.226. The van der Waals surface area contributed by atoms with Crippen molar-refractivity contribution in [3.63, 3.8) is 0 Å². The van der Waals surface area contributed by atoms with E-state index in [4.69, 9.17) is 4.74 Å². The predicted molar refractivity (Wildman–Crippen MR) is 73.8 cm³/mol. The molecule has 98 valence electrons. The van der Waals surface area contributed by atoms with Crippen LogP contribution >= 0.6 is 11.3 Å². The molecule has 0 spiro atoms. The van der Waals surface area contributed by atoms with E-state index in [2.05, 4.69) is 38.0 Å². The number of aromatic nitrogens is 1. The number of ether oxygens (including phenoxy) is 1. The third-order valence-electron chi connectivity index (χ3n) is 2.93. The van der Waals surface area contributed by atoms with Gasteiger partial charge in [0.25, 0.3) is 0 Å². The molecule has 0 saturated heterocycles. The summed E-state index contributed by atoms with van der Waals surface area (Å²) in [7, 11) is 0. The van der Waals surface area contributed by atoms with Crippen molar-refractivity contribution in [2.75, 3.05) is 13.2 Å². The summed E-state index contributed by atoms with van der Waals surface area (Å²) in [6.45, 7) is 12.2. The van der Waals surface area contributed by atoms with Crippen LogP contribution in [0.4, 0.5) is 0 Å². The van der Waals surface area contributed by atoms with Crippen LogP contribution in [0.2, 0.25) is 0 Å². The van der Waals surface area contributed by atoms with E-state index >= 15 is 0 Å². The first-order valence-corrected chi connectivity index (χ1v) is 7.18. The maximum Gasteiger partial charge on any atom is 0.0947 e. The summed E-state index contributed by atoms with van der Waals surface area (Å²) in [5, 5.41) is 4.69. The second-order valence-electron chi connectivity index (χ2n) is 4.28. The lowest BCUT2D eigenvalue weighted by molar-refractivity contribution is 0.0480. The van der Waals surface area contributed by atoms with Crippen LogP contribution in [-0.4, -0.2) is 30.3 Å². The fraction of sp³-hybridized carbons (Fsp3) is 0.769. The van der Waals surface area contributed by atoms with Gasteiger partial charge in [0.05, 0.1) is 16.8 Å². The molecule has 3 nitrogen and oxygen atoms in total. The Morgan fingerprint density at radius 1 is 1.35 bits per heavy atom. The fourth-order valence-corrected chi connectivity index (χ4v) is 2.85. The van der Waals surface area contributed by atoms with Crippen LogP contribution < -0.4 is 5.32 Å². The number of hydrogen-bond acceptors (Lipinski definition) is 4. The van der Waals surface area contributed by atoms with E-state index < -0.39 is 0 Å². The lowest BCUT2D eigenvalue weighted by Gasteiger charge is -2.23. The van der Waals surface area contributed by atoms with Crippen molar-refractivity contribution >= 4 is 11.3 Å². The van der Waals surface area contributed by atoms with E-state index in [1.54, 1.807) is 11.3 Å². The van der Waals surface area contributed by atoms with Gasteiger partial charge in [-0.1, -0.05) is 6.92 Å². The van der Waals surface area contributed by atoms with Crippen LogP contribution in [-0.2, 0) is 11.2 Å². The van der Waals surface area contributed by atoms with Gasteiger partial charge in [0.1, 0.15) is 0 Å². The number of rotatable bonds is 7. The van der Waals surface area contributed by atoms with E-state index in [0.29, 0.717) is 6.04 Å². The molecule has 4 heteroatoms. The van der Waals surface area contributed by atoms with Gasteiger partial charge < -0.3 is 10.1 Å². The van der Waals surface area contributed by atoms with Crippen molar-refractivity contribution in [2.24, 2.45) is 0 Å². The monoisotopic (exact) mass is 256 g/mol. The van der Waals surface area contributed by atoms with E-state index in [1.807, 2.05) is 6.92 Å². The van der Waals surface area contributed by atoms with E-state index in [9.17, 15) is 0 Å². The summed E-state index contributed by atoms with van der Waals surface area (Å²) in [4.78, 5) is 5.92. The van der Waals surface area contributed by atoms with Gasteiger partial charge >= 0.3 is 0 Å². The first-order valence-electron chi connectivity index (χ1n) is 6.36. The summed E-state index contributed by atoms with van der Waals surface area (Å²) in [6, 6.07) is 0.352. The number of likely N-dealkylation sites (N-methyl/N-ethyl adjacent to an activating group) is 1. The highest BCUT2D eigenvalue weighted by molar-refractivity contribution is 7.11. The zero-order valence-electron chi connectivity index (χ0n) is 11.5. The van der Waals surface area contributed by atoms with Gasteiger partial charge in [-0.15, -0.1) is 11.3 Å². The molecule has 1 aromatic rings. The fourth-order valence-electron chi connectivity index (χ4n) is 1.86. The zero-order chi connectivity index (χ0) is 12.8. The quantitative estimate of drug-likeness (QED) is 0.814. The molecule has 2 atom stereocenters. The van der Waals surface area contributed by atoms with Crippen LogP contribution in [0.15, 0.2) is 0 Å². The lowest BCUT2D eigenvalue weighted by Crippen LogP contribution is -2.41. The molecule has 0 bridgehead atoms. The van der Waals surface area contributed by atoms with E-state index in [-0.39, 0.29) is 6.10 Å². The van der Waals surface area contributed by atoms with Gasteiger partial charge in [0.15, 0.2) is 0 Å². The van der Waals surface area contributed by atoms with Crippen molar-refractivity contribution in [3.05, 3.63) is 15.6 Å². The molecule has 0 aliphatic carbocycles. The highest BCUT2D eigenvalue weighted by atomic mass is 32.1. The minimum atomic E-state index is 0.226. The Bertz CT molecular complexity index is 319. The van der Waals surface area contributed by atoms with Crippen molar-refractivity contribution in [3.8, 4) is 0 Å². The Morgan fingerprint density at radius 3 is 2.53 bits per heavy atom. The highest BCUT2D eigenvalue weighted by Gasteiger charge is 2.18. The number of nitrogens with one attached hydrogen (secondary N) is 1. The molecule has 0 saturated carbocycles. The summed E-state index contributed by atoms with van der Waals surface area (Å²) in [5.41, 5.74) is 1.16. The molecule has 0 radical (unpaired) electrons. The zero-order valence-corrected chi connectivity index (χ0v) is 12.4. The smallest absolute Gasteiger partial charge is 0.0947 e. The minimum Gasteiger partial charge on any atom is -0.377 e. The average Bonchev–Trinajstić information content (AvgIpc) is 2.58. The number of aryl methyl sites for hydroxylation is 2. The number of hydrogen-bond donors (Lipinski definition) is 1. The molecule has 17 heavy (non-hydrogen) atoms. The molecule has 0 amide bonds. The maximum atomic E-state index is 5.68. The Hall–Kier alpha value is -0.450. The summed E-state index contributed by atoms with van der Waals surface area (Å²) < 4.78 is 5.68. The number of nitrogens with zero attached hydrogens (tertiary/aromatic N) is 1. The molecule has 1 heterocycles. The van der Waals surface area contributed by atoms with Crippen LogP contribution in [0.25, 0.3) is 0 Å². The van der Waals surface area contributed by atoms with Crippen molar-refractivity contribution in [2.45, 2.75) is 53.2 Å². The molecule has 0 aliphatic rings. The van der Waals surface area contributed by atoms with Gasteiger partial charge in [-0.05, 0) is 34.2 Å². The normalized spacial score (nSPS) is 14.9. The van der Waals surface area contributed by atoms with Gasteiger partial charge in [-0.2, -0.15) is 0 Å². The molecule has 0 aromatic carbocycles. The maximum absolute atomic E-state index is 5.68. The Labute approximate surface area is 109 Å². The number of thiazole rings is 1. The molecule has 1 rings (SSSR count). The largest absolute Gasteiger partial charge is 0.377 e. The summed E-state index contributed by atoms with van der Waals surface area (Å²) >= 11 is 1.80. The van der Waals surface area contributed by atoms with Crippen LogP contribution in [0.3, 0.4) is 0 Å². The second kappa shape index (κ2) is 7.09. The summed E-state index contributed by atoms with van der Waals surface area (Å²) in [5.74, 6) is 0. The van der Waals surface area contributed by atoms with Crippen LogP contribution in [0.1, 0.15) is 36.3 Å². The molecule has 1 N–H and O–H groups in total. The first-order chi connectivity index (χ1) is 8.08. The highest BCUT2D eigenvalue weighted by Crippen LogP contribution is 2.19. The van der Waals surface area contributed by atoms with Gasteiger partial charge in [0, 0.05) is 23.9 Å². The molecule has 0 aliphatic heterocycles. The van der Waals surface area contributed by atoms with Crippen LogP contribution in [0.5, 0.6) is 0 Å². The van der Waals surface area contributed by atoms with E-state index in [0.717, 1.165) is 25.3 Å². The SMILES string of the molecule is CCNC(Cc1nc(C)c(C)s1)C(C)OCC. The first kappa shape index (κ1) is 14.6. The van der Waals surface area contributed by atoms with Gasteiger partial charge in [-0.3, -0.25) is 0 Å².